The summed E-state index contributed by atoms with van der Waals surface area (Å²) in [5, 5.41) is 18.4. The molecule has 0 aliphatic heterocycles. The Kier molecular flexibility index (Phi) is 4.98. The first-order chi connectivity index (χ1) is 11.0. The molecule has 2 aromatic rings. The van der Waals surface area contributed by atoms with Gasteiger partial charge >= 0.3 is 0 Å². The predicted octanol–water partition coefficient (Wildman–Crippen LogP) is 5.46. The summed E-state index contributed by atoms with van der Waals surface area (Å²) in [6.07, 6.45) is 0.834. The van der Waals surface area contributed by atoms with Gasteiger partial charge in [0.25, 0.3) is 5.75 Å². The Morgan fingerprint density at radius 2 is 1.50 bits per heavy atom. The van der Waals surface area contributed by atoms with Gasteiger partial charge in [-0.15, -0.1) is 0 Å². The summed E-state index contributed by atoms with van der Waals surface area (Å²) in [6, 6.07) is 8.19. The Morgan fingerprint density at radius 1 is 0.958 bits per heavy atom. The van der Waals surface area contributed by atoms with Gasteiger partial charge in [0.2, 0.25) is 0 Å². The van der Waals surface area contributed by atoms with Crippen LogP contribution in [0.1, 0.15) is 73.9 Å². The highest BCUT2D eigenvalue weighted by atomic mass is 16.3. The van der Waals surface area contributed by atoms with Crippen molar-refractivity contribution >= 4 is 0 Å². The molecule has 2 nitrogen and oxygen atoms in total. The molecule has 2 rings (SSSR count). The van der Waals surface area contributed by atoms with Gasteiger partial charge in [-0.25, -0.2) is 0 Å². The van der Waals surface area contributed by atoms with Crippen LogP contribution in [0.4, 0.5) is 0 Å². The summed E-state index contributed by atoms with van der Waals surface area (Å²) < 4.78 is 0. The maximum Gasteiger partial charge on any atom is 0.257 e. The van der Waals surface area contributed by atoms with Gasteiger partial charge in [-0.1, -0.05) is 40.7 Å². The Labute approximate surface area is 146 Å². The number of aromatic hydroxyl groups is 1. The van der Waals surface area contributed by atoms with E-state index in [0.717, 1.165) is 28.7 Å². The number of benzene rings is 2. The average Bonchev–Trinajstić information content (AvgIpc) is 2.42. The molecule has 0 bridgehead atoms. The van der Waals surface area contributed by atoms with E-state index in [1.807, 2.05) is 12.1 Å². The summed E-state index contributed by atoms with van der Waals surface area (Å²) >= 11 is 0. The van der Waals surface area contributed by atoms with E-state index in [9.17, 15) is 5.11 Å². The molecule has 0 fully saturated rings. The zero-order chi connectivity index (χ0) is 18.2. The van der Waals surface area contributed by atoms with E-state index in [4.69, 9.17) is 5.11 Å². The molecule has 0 spiro atoms. The molecule has 0 atom stereocenters. The summed E-state index contributed by atoms with van der Waals surface area (Å²) in [5.41, 5.74) is 6.84. The Balaban J connectivity index is 2.50. The van der Waals surface area contributed by atoms with Gasteiger partial charge in [0, 0.05) is 6.07 Å². The van der Waals surface area contributed by atoms with Crippen LogP contribution in [-0.4, -0.2) is 10.2 Å². The molecule has 3 N–H and O–H groups in total. The SMILES string of the molecule is Cc1cc(O)c(C(C)C)cc1Cc1cc(C(C)(C)C)c([OH2+])cc1C. The molecule has 0 amide bonds. The van der Waals surface area contributed by atoms with E-state index in [0.29, 0.717) is 17.4 Å². The van der Waals surface area contributed by atoms with Crippen LogP contribution >= 0.6 is 0 Å². The Bertz CT molecular complexity index is 750. The van der Waals surface area contributed by atoms with Gasteiger partial charge in [-0.3, -0.25) is 0 Å². The first-order valence-electron chi connectivity index (χ1n) is 8.68. The van der Waals surface area contributed by atoms with E-state index in [1.165, 1.54) is 11.1 Å². The van der Waals surface area contributed by atoms with Crippen molar-refractivity contribution in [2.24, 2.45) is 0 Å². The van der Waals surface area contributed by atoms with Crippen molar-refractivity contribution in [2.45, 2.75) is 66.2 Å². The molecule has 0 aliphatic rings. The zero-order valence-electron chi connectivity index (χ0n) is 16.0. The van der Waals surface area contributed by atoms with Crippen molar-refractivity contribution in [3.63, 3.8) is 0 Å². The largest absolute Gasteiger partial charge is 0.593 e. The minimum atomic E-state index is -0.0351. The normalized spacial score (nSPS) is 12.0. The zero-order valence-corrected chi connectivity index (χ0v) is 16.0. The lowest BCUT2D eigenvalue weighted by Crippen LogP contribution is -2.12. The molecule has 130 valence electrons. The standard InChI is InChI=1S/C22H30O2/c1-13(2)18-11-16(14(3)8-20(18)23)10-17-12-19(22(5,6)7)21(24)9-15(17)4/h8-9,11-13,23-24H,10H2,1-7H3/p+1. The predicted molar refractivity (Wildman–Crippen MR) is 103 cm³/mol. The molecule has 0 radical (unpaired) electrons. The van der Waals surface area contributed by atoms with Gasteiger partial charge in [0.15, 0.2) is 0 Å². The van der Waals surface area contributed by atoms with Crippen molar-refractivity contribution < 1.29 is 10.2 Å². The highest BCUT2D eigenvalue weighted by Crippen LogP contribution is 2.35. The second kappa shape index (κ2) is 6.51. The molecule has 0 aliphatic carbocycles. The van der Waals surface area contributed by atoms with Gasteiger partial charge in [-0.2, -0.15) is 0 Å². The molecule has 0 aromatic heterocycles. The van der Waals surface area contributed by atoms with Gasteiger partial charge in [0.05, 0.1) is 5.56 Å². The minimum absolute atomic E-state index is 0.0351. The quantitative estimate of drug-likeness (QED) is 0.747. The van der Waals surface area contributed by atoms with Crippen molar-refractivity contribution in [2.75, 3.05) is 0 Å². The third-order valence-electron chi connectivity index (χ3n) is 4.77. The van der Waals surface area contributed by atoms with E-state index < -0.39 is 0 Å². The van der Waals surface area contributed by atoms with E-state index in [-0.39, 0.29) is 5.41 Å². The lowest BCUT2D eigenvalue weighted by atomic mass is 9.83. The van der Waals surface area contributed by atoms with Crippen LogP contribution in [0.5, 0.6) is 11.5 Å². The fraction of sp³-hybridized carbons (Fsp3) is 0.455. The van der Waals surface area contributed by atoms with E-state index in [2.05, 4.69) is 60.6 Å². The number of aryl methyl sites for hydroxylation is 2. The highest BCUT2D eigenvalue weighted by molar-refractivity contribution is 5.49. The van der Waals surface area contributed by atoms with Gasteiger partial charge in [-0.05, 0) is 71.6 Å². The van der Waals surface area contributed by atoms with Crippen molar-refractivity contribution in [1.82, 2.24) is 0 Å². The first-order valence-corrected chi connectivity index (χ1v) is 8.68. The Hall–Kier alpha value is -1.96. The molecular formula is C22H31O2+. The smallest absolute Gasteiger partial charge is 0.257 e. The van der Waals surface area contributed by atoms with Gasteiger partial charge < -0.3 is 10.2 Å². The van der Waals surface area contributed by atoms with E-state index >= 15 is 0 Å². The second-order valence-corrected chi connectivity index (χ2v) is 8.24. The summed E-state index contributed by atoms with van der Waals surface area (Å²) in [7, 11) is 0. The average molecular weight is 327 g/mol. The van der Waals surface area contributed by atoms with Crippen LogP contribution in [0.3, 0.4) is 0 Å². The van der Waals surface area contributed by atoms with Crippen LogP contribution in [-0.2, 0) is 11.8 Å². The third-order valence-corrected chi connectivity index (χ3v) is 4.77. The first kappa shape index (κ1) is 18.4. The molecule has 0 heterocycles. The fourth-order valence-electron chi connectivity index (χ4n) is 3.18. The van der Waals surface area contributed by atoms with Crippen LogP contribution < -0.4 is 0 Å². The fourth-order valence-corrected chi connectivity index (χ4v) is 3.18. The summed E-state index contributed by atoms with van der Waals surface area (Å²) in [5.74, 6) is 1.31. The number of rotatable bonds is 3. The summed E-state index contributed by atoms with van der Waals surface area (Å²) in [4.78, 5) is 0. The minimum Gasteiger partial charge on any atom is -0.593 e. The number of hydrogen-bond acceptors (Lipinski definition) is 1. The molecular weight excluding hydrogens is 296 g/mol. The molecule has 24 heavy (non-hydrogen) atoms. The van der Waals surface area contributed by atoms with Crippen LogP contribution in [0.2, 0.25) is 0 Å². The van der Waals surface area contributed by atoms with Crippen LogP contribution in [0.15, 0.2) is 24.3 Å². The number of hydrogen-bond donors (Lipinski definition) is 1. The maximum atomic E-state index is 10.2. The molecule has 2 heteroatoms. The molecule has 0 unspecified atom stereocenters. The molecule has 2 aromatic carbocycles. The molecule has 0 saturated heterocycles. The van der Waals surface area contributed by atoms with Crippen molar-refractivity contribution in [3.05, 3.63) is 57.6 Å². The third kappa shape index (κ3) is 3.75. The lowest BCUT2D eigenvalue weighted by Gasteiger charge is -2.21. The monoisotopic (exact) mass is 327 g/mol. The topological polar surface area (TPSA) is 43.1 Å². The second-order valence-electron chi connectivity index (χ2n) is 8.24. The van der Waals surface area contributed by atoms with E-state index in [1.54, 1.807) is 0 Å². The lowest BCUT2D eigenvalue weighted by molar-refractivity contribution is 0.446. The molecule has 0 saturated carbocycles. The highest BCUT2D eigenvalue weighted by Gasteiger charge is 2.23. The summed E-state index contributed by atoms with van der Waals surface area (Å²) in [6.45, 7) is 14.8. The number of phenolic OH excluding ortho intramolecular Hbond substituents is 1. The van der Waals surface area contributed by atoms with Gasteiger partial charge in [0.1, 0.15) is 5.75 Å². The van der Waals surface area contributed by atoms with Crippen LogP contribution in [0, 0.1) is 13.8 Å². The maximum absolute atomic E-state index is 10.2. The van der Waals surface area contributed by atoms with Crippen LogP contribution in [0.25, 0.3) is 0 Å². The number of phenols is 1. The Morgan fingerprint density at radius 3 is 2.04 bits per heavy atom. The van der Waals surface area contributed by atoms with Crippen molar-refractivity contribution in [3.8, 4) is 11.5 Å². The van der Waals surface area contributed by atoms with Crippen molar-refractivity contribution in [1.29, 1.82) is 0 Å².